The van der Waals surface area contributed by atoms with Gasteiger partial charge >= 0.3 is 0 Å². The first kappa shape index (κ1) is 23.0. The van der Waals surface area contributed by atoms with E-state index in [-0.39, 0.29) is 36.9 Å². The summed E-state index contributed by atoms with van der Waals surface area (Å²) in [5.41, 5.74) is 0.505. The summed E-state index contributed by atoms with van der Waals surface area (Å²) < 4.78 is 10.8. The molecular weight excluding hydrogens is 370 g/mol. The Balaban J connectivity index is 0.00000364. The van der Waals surface area contributed by atoms with Gasteiger partial charge in [0.1, 0.15) is 0 Å². The first-order valence-electron chi connectivity index (χ1n) is 9.08. The predicted octanol–water partition coefficient (Wildman–Crippen LogP) is 1.75. The average Bonchev–Trinajstić information content (AvgIpc) is 3.12. The highest BCUT2D eigenvalue weighted by molar-refractivity contribution is 5.94. The molecule has 0 saturated carbocycles. The van der Waals surface area contributed by atoms with Crippen molar-refractivity contribution in [1.29, 1.82) is 0 Å². The minimum absolute atomic E-state index is 0. The van der Waals surface area contributed by atoms with Gasteiger partial charge in [-0.05, 0) is 63.9 Å². The van der Waals surface area contributed by atoms with Crippen LogP contribution in [0.25, 0.3) is 0 Å². The second-order valence-electron chi connectivity index (χ2n) is 6.78. The molecule has 1 unspecified atom stereocenters. The summed E-state index contributed by atoms with van der Waals surface area (Å²) in [5.74, 6) is 1.15. The molecule has 8 heteroatoms. The SMILES string of the molecule is COc1cc(C(=O)NCCC2CCNC2)ccc1OCC(=O)NC(C)C.Cl. The van der Waals surface area contributed by atoms with E-state index < -0.39 is 0 Å². The molecule has 0 aromatic heterocycles. The number of halogens is 1. The highest BCUT2D eigenvalue weighted by Crippen LogP contribution is 2.28. The molecule has 1 heterocycles. The van der Waals surface area contributed by atoms with E-state index in [4.69, 9.17) is 9.47 Å². The maximum Gasteiger partial charge on any atom is 0.258 e. The summed E-state index contributed by atoms with van der Waals surface area (Å²) in [5, 5.41) is 9.02. The molecule has 1 aliphatic rings. The van der Waals surface area contributed by atoms with E-state index in [9.17, 15) is 9.59 Å². The van der Waals surface area contributed by atoms with Crippen molar-refractivity contribution in [1.82, 2.24) is 16.0 Å². The number of carbonyl (C=O) groups is 2. The maximum absolute atomic E-state index is 12.3. The third kappa shape index (κ3) is 7.64. The number of hydrogen-bond donors (Lipinski definition) is 3. The number of benzene rings is 1. The largest absolute Gasteiger partial charge is 0.493 e. The molecule has 1 aromatic carbocycles. The molecule has 1 fully saturated rings. The zero-order chi connectivity index (χ0) is 18.9. The van der Waals surface area contributed by atoms with Gasteiger partial charge in [-0.3, -0.25) is 9.59 Å². The molecule has 0 aliphatic carbocycles. The van der Waals surface area contributed by atoms with Crippen LogP contribution >= 0.6 is 12.4 Å². The normalized spacial score (nSPS) is 15.8. The lowest BCUT2D eigenvalue weighted by molar-refractivity contribution is -0.123. The number of hydrogen-bond acceptors (Lipinski definition) is 5. The van der Waals surface area contributed by atoms with E-state index in [0.29, 0.717) is 29.5 Å². The van der Waals surface area contributed by atoms with Gasteiger partial charge in [0.05, 0.1) is 7.11 Å². The fraction of sp³-hybridized carbons (Fsp3) is 0.579. The van der Waals surface area contributed by atoms with Crippen molar-refractivity contribution in [2.75, 3.05) is 33.4 Å². The first-order chi connectivity index (χ1) is 12.5. The van der Waals surface area contributed by atoms with E-state index in [1.165, 1.54) is 13.5 Å². The highest BCUT2D eigenvalue weighted by atomic mass is 35.5. The van der Waals surface area contributed by atoms with Crippen LogP contribution in [0.3, 0.4) is 0 Å². The fourth-order valence-electron chi connectivity index (χ4n) is 2.89. The quantitative estimate of drug-likeness (QED) is 0.588. The molecule has 3 N–H and O–H groups in total. The van der Waals surface area contributed by atoms with E-state index in [1.807, 2.05) is 13.8 Å². The van der Waals surface area contributed by atoms with Crippen LogP contribution in [0.5, 0.6) is 11.5 Å². The fourth-order valence-corrected chi connectivity index (χ4v) is 2.89. The van der Waals surface area contributed by atoms with Crippen molar-refractivity contribution >= 4 is 24.2 Å². The van der Waals surface area contributed by atoms with Crippen LogP contribution in [-0.2, 0) is 4.79 Å². The van der Waals surface area contributed by atoms with E-state index in [1.54, 1.807) is 18.2 Å². The number of nitrogens with one attached hydrogen (secondary N) is 3. The van der Waals surface area contributed by atoms with Gasteiger partial charge in [-0.25, -0.2) is 0 Å². The molecule has 27 heavy (non-hydrogen) atoms. The van der Waals surface area contributed by atoms with Crippen molar-refractivity contribution in [3.05, 3.63) is 23.8 Å². The summed E-state index contributed by atoms with van der Waals surface area (Å²) in [6.07, 6.45) is 2.14. The second kappa shape index (κ2) is 11.7. The van der Waals surface area contributed by atoms with Gasteiger partial charge in [0.2, 0.25) is 0 Å². The van der Waals surface area contributed by atoms with E-state index >= 15 is 0 Å². The lowest BCUT2D eigenvalue weighted by atomic mass is 10.1. The zero-order valence-electron chi connectivity index (χ0n) is 16.2. The van der Waals surface area contributed by atoms with Gasteiger partial charge < -0.3 is 25.4 Å². The summed E-state index contributed by atoms with van der Waals surface area (Å²) in [6, 6.07) is 5.00. The van der Waals surface area contributed by atoms with E-state index in [0.717, 1.165) is 19.5 Å². The first-order valence-corrected chi connectivity index (χ1v) is 9.08. The molecule has 152 valence electrons. The van der Waals surface area contributed by atoms with Gasteiger partial charge in [-0.1, -0.05) is 0 Å². The molecular formula is C19H30ClN3O4. The maximum atomic E-state index is 12.3. The highest BCUT2D eigenvalue weighted by Gasteiger charge is 2.16. The number of ether oxygens (including phenoxy) is 2. The molecule has 1 atom stereocenters. The van der Waals surface area contributed by atoms with Gasteiger partial charge in [0.25, 0.3) is 11.8 Å². The summed E-state index contributed by atoms with van der Waals surface area (Å²) >= 11 is 0. The summed E-state index contributed by atoms with van der Waals surface area (Å²) in [6.45, 7) is 6.41. The van der Waals surface area contributed by atoms with Gasteiger partial charge in [-0.15, -0.1) is 12.4 Å². The number of methoxy groups -OCH3 is 1. The molecule has 2 rings (SSSR count). The number of carbonyl (C=O) groups excluding carboxylic acids is 2. The Labute approximate surface area is 167 Å². The van der Waals surface area contributed by atoms with Crippen LogP contribution in [0.2, 0.25) is 0 Å². The van der Waals surface area contributed by atoms with Gasteiger partial charge in [0.15, 0.2) is 18.1 Å². The predicted molar refractivity (Wildman–Crippen MR) is 107 cm³/mol. The number of rotatable bonds is 9. The van der Waals surface area contributed by atoms with Crippen molar-refractivity contribution in [3.63, 3.8) is 0 Å². The zero-order valence-corrected chi connectivity index (χ0v) is 17.0. The van der Waals surface area contributed by atoms with E-state index in [2.05, 4.69) is 16.0 Å². The van der Waals surface area contributed by atoms with Gasteiger partial charge in [-0.2, -0.15) is 0 Å². The molecule has 2 amide bonds. The third-order valence-corrected chi connectivity index (χ3v) is 4.23. The second-order valence-corrected chi connectivity index (χ2v) is 6.78. The molecule has 7 nitrogen and oxygen atoms in total. The van der Waals surface area contributed by atoms with Crippen molar-refractivity contribution in [3.8, 4) is 11.5 Å². The monoisotopic (exact) mass is 399 g/mol. The van der Waals surface area contributed by atoms with Gasteiger partial charge in [0, 0.05) is 18.2 Å². The standard InChI is InChI=1S/C19H29N3O4.ClH/c1-13(2)22-18(23)12-26-16-5-4-15(10-17(16)25-3)19(24)21-9-7-14-6-8-20-11-14;/h4-5,10,13-14,20H,6-9,11-12H2,1-3H3,(H,21,24)(H,22,23);1H. The molecule has 1 aromatic rings. The van der Waals surface area contributed by atoms with Crippen LogP contribution in [-0.4, -0.2) is 51.2 Å². The Morgan fingerprint density at radius 3 is 2.70 bits per heavy atom. The van der Waals surface area contributed by atoms with Crippen molar-refractivity contribution < 1.29 is 19.1 Å². The van der Waals surface area contributed by atoms with Crippen molar-refractivity contribution in [2.24, 2.45) is 5.92 Å². The molecule has 0 radical (unpaired) electrons. The van der Waals surface area contributed by atoms with Crippen LogP contribution in [0.4, 0.5) is 0 Å². The molecule has 1 aliphatic heterocycles. The van der Waals surface area contributed by atoms with Crippen LogP contribution < -0.4 is 25.4 Å². The Hall–Kier alpha value is -1.99. The summed E-state index contributed by atoms with van der Waals surface area (Å²) in [4.78, 5) is 24.0. The Morgan fingerprint density at radius 1 is 1.30 bits per heavy atom. The number of amides is 2. The minimum atomic E-state index is -0.203. The Kier molecular flexibility index (Phi) is 9.96. The van der Waals surface area contributed by atoms with Crippen LogP contribution in [0.15, 0.2) is 18.2 Å². The lowest BCUT2D eigenvalue weighted by Crippen LogP contribution is -2.34. The van der Waals surface area contributed by atoms with Crippen LogP contribution in [0.1, 0.15) is 37.0 Å². The minimum Gasteiger partial charge on any atom is -0.493 e. The lowest BCUT2D eigenvalue weighted by Gasteiger charge is -2.14. The Bertz CT molecular complexity index is 619. The van der Waals surface area contributed by atoms with Crippen molar-refractivity contribution in [2.45, 2.75) is 32.7 Å². The Morgan fingerprint density at radius 2 is 2.07 bits per heavy atom. The molecule has 0 spiro atoms. The topological polar surface area (TPSA) is 88.7 Å². The van der Waals surface area contributed by atoms with Crippen LogP contribution in [0, 0.1) is 5.92 Å². The molecule has 0 bridgehead atoms. The smallest absolute Gasteiger partial charge is 0.258 e. The summed E-state index contributed by atoms with van der Waals surface area (Å²) in [7, 11) is 1.51. The molecule has 1 saturated heterocycles. The third-order valence-electron chi connectivity index (χ3n) is 4.23. The average molecular weight is 400 g/mol.